The van der Waals surface area contributed by atoms with Gasteiger partial charge in [0.1, 0.15) is 21.5 Å². The number of benzene rings is 2. The third-order valence-electron chi connectivity index (χ3n) is 3.84. The lowest BCUT2D eigenvalue weighted by atomic mass is 10.1. The molecular formula is C20H17F2N3O2S. The third-order valence-corrected chi connectivity index (χ3v) is 4.87. The van der Waals surface area contributed by atoms with Crippen molar-refractivity contribution in [3.05, 3.63) is 76.8 Å². The van der Waals surface area contributed by atoms with Crippen LogP contribution in [-0.4, -0.2) is 29.9 Å². The summed E-state index contributed by atoms with van der Waals surface area (Å²) in [4.78, 5) is 28.5. The largest absolute Gasteiger partial charge is 0.354 e. The second-order valence-corrected chi connectivity index (χ2v) is 6.95. The Morgan fingerprint density at radius 1 is 0.964 bits per heavy atom. The number of aromatic nitrogens is 1. The Balaban J connectivity index is 1.44. The van der Waals surface area contributed by atoms with Crippen molar-refractivity contribution >= 4 is 23.2 Å². The topological polar surface area (TPSA) is 71.1 Å². The quantitative estimate of drug-likeness (QED) is 0.598. The van der Waals surface area contributed by atoms with Crippen molar-refractivity contribution in [3.63, 3.8) is 0 Å². The van der Waals surface area contributed by atoms with Crippen LogP contribution in [0.2, 0.25) is 0 Å². The lowest BCUT2D eigenvalue weighted by Gasteiger charge is -2.06. The number of nitrogens with zero attached hydrogens (tertiary/aromatic N) is 1. The van der Waals surface area contributed by atoms with Gasteiger partial charge in [-0.3, -0.25) is 9.59 Å². The standard InChI is InChI=1S/C20H17F2N3O2S/c21-14-7-5-13(6-8-14)11-18(26)23-9-10-24-19(27)17-12-25-20(28-17)15-3-1-2-4-16(15)22/h1-8,12H,9-11H2,(H,23,26)(H,24,27). The molecule has 0 bridgehead atoms. The van der Waals surface area contributed by atoms with Crippen molar-refractivity contribution in [2.45, 2.75) is 6.42 Å². The monoisotopic (exact) mass is 401 g/mol. The molecule has 3 rings (SSSR count). The normalized spacial score (nSPS) is 10.5. The van der Waals surface area contributed by atoms with E-state index in [4.69, 9.17) is 0 Å². The first-order valence-corrected chi connectivity index (χ1v) is 9.34. The van der Waals surface area contributed by atoms with Gasteiger partial charge >= 0.3 is 0 Å². The zero-order valence-electron chi connectivity index (χ0n) is 14.7. The van der Waals surface area contributed by atoms with Crippen LogP contribution in [0.4, 0.5) is 8.78 Å². The zero-order chi connectivity index (χ0) is 19.9. The van der Waals surface area contributed by atoms with E-state index >= 15 is 0 Å². The van der Waals surface area contributed by atoms with Gasteiger partial charge in [-0.2, -0.15) is 0 Å². The van der Waals surface area contributed by atoms with Gasteiger partial charge in [0.05, 0.1) is 12.6 Å². The van der Waals surface area contributed by atoms with Crippen LogP contribution in [0.3, 0.4) is 0 Å². The van der Waals surface area contributed by atoms with Gasteiger partial charge in [0.15, 0.2) is 0 Å². The molecule has 144 valence electrons. The molecule has 0 radical (unpaired) electrons. The van der Waals surface area contributed by atoms with Gasteiger partial charge < -0.3 is 10.6 Å². The second kappa shape index (κ2) is 9.18. The molecule has 5 nitrogen and oxygen atoms in total. The molecule has 0 saturated heterocycles. The van der Waals surface area contributed by atoms with Crippen LogP contribution < -0.4 is 10.6 Å². The van der Waals surface area contributed by atoms with Crippen LogP contribution >= 0.6 is 11.3 Å². The van der Waals surface area contributed by atoms with Crippen molar-refractivity contribution in [3.8, 4) is 10.6 Å². The Kier molecular flexibility index (Phi) is 6.44. The predicted octanol–water partition coefficient (Wildman–Crippen LogP) is 3.18. The van der Waals surface area contributed by atoms with E-state index < -0.39 is 5.82 Å². The molecule has 28 heavy (non-hydrogen) atoms. The molecule has 0 spiro atoms. The molecule has 3 aromatic rings. The molecule has 0 aliphatic heterocycles. The third kappa shape index (κ3) is 5.20. The van der Waals surface area contributed by atoms with E-state index in [1.54, 1.807) is 30.3 Å². The molecule has 0 fully saturated rings. The molecule has 2 aromatic carbocycles. The highest BCUT2D eigenvalue weighted by molar-refractivity contribution is 7.16. The van der Waals surface area contributed by atoms with Crippen molar-refractivity contribution in [1.29, 1.82) is 0 Å². The van der Waals surface area contributed by atoms with E-state index in [1.807, 2.05) is 0 Å². The minimum Gasteiger partial charge on any atom is -0.354 e. The van der Waals surface area contributed by atoms with Gasteiger partial charge in [-0.1, -0.05) is 24.3 Å². The van der Waals surface area contributed by atoms with Crippen molar-refractivity contribution in [2.75, 3.05) is 13.1 Å². The Bertz CT molecular complexity index is 974. The van der Waals surface area contributed by atoms with E-state index in [2.05, 4.69) is 15.6 Å². The molecule has 0 aliphatic carbocycles. The average molecular weight is 401 g/mol. The predicted molar refractivity (Wildman–Crippen MR) is 103 cm³/mol. The fourth-order valence-electron chi connectivity index (χ4n) is 2.45. The number of carbonyl (C=O) groups is 2. The maximum atomic E-state index is 13.8. The minimum absolute atomic E-state index is 0.134. The highest BCUT2D eigenvalue weighted by atomic mass is 32.1. The summed E-state index contributed by atoms with van der Waals surface area (Å²) in [6.07, 6.45) is 1.53. The SMILES string of the molecule is O=C(Cc1ccc(F)cc1)NCCNC(=O)c1cnc(-c2ccccc2F)s1. The summed E-state index contributed by atoms with van der Waals surface area (Å²) in [5.74, 6) is -1.31. The second-order valence-electron chi connectivity index (χ2n) is 5.92. The summed E-state index contributed by atoms with van der Waals surface area (Å²) in [6, 6.07) is 11.9. The Morgan fingerprint density at radius 3 is 2.43 bits per heavy atom. The first-order valence-electron chi connectivity index (χ1n) is 8.53. The van der Waals surface area contributed by atoms with Crippen LogP contribution in [0.25, 0.3) is 10.6 Å². The number of hydrogen-bond donors (Lipinski definition) is 2. The molecule has 1 heterocycles. The Morgan fingerprint density at radius 2 is 1.68 bits per heavy atom. The number of halogens is 2. The van der Waals surface area contributed by atoms with Crippen LogP contribution in [0.15, 0.2) is 54.7 Å². The maximum absolute atomic E-state index is 13.8. The lowest BCUT2D eigenvalue weighted by molar-refractivity contribution is -0.120. The van der Waals surface area contributed by atoms with Gasteiger partial charge in [-0.25, -0.2) is 13.8 Å². The average Bonchev–Trinajstić information content (AvgIpc) is 3.17. The molecule has 0 aliphatic rings. The fraction of sp³-hybridized carbons (Fsp3) is 0.150. The van der Waals surface area contributed by atoms with Crippen LogP contribution in [0, 0.1) is 11.6 Å². The van der Waals surface area contributed by atoms with E-state index in [1.165, 1.54) is 24.4 Å². The van der Waals surface area contributed by atoms with Gasteiger partial charge in [0, 0.05) is 18.7 Å². The molecule has 8 heteroatoms. The number of hydrogen-bond acceptors (Lipinski definition) is 4. The first-order chi connectivity index (χ1) is 13.5. The number of amides is 2. The van der Waals surface area contributed by atoms with E-state index in [0.29, 0.717) is 21.0 Å². The summed E-state index contributed by atoms with van der Waals surface area (Å²) in [6.45, 7) is 0.492. The van der Waals surface area contributed by atoms with Crippen LogP contribution in [0.5, 0.6) is 0 Å². The van der Waals surface area contributed by atoms with Crippen molar-refractivity contribution < 1.29 is 18.4 Å². The number of carbonyl (C=O) groups excluding carboxylic acids is 2. The van der Waals surface area contributed by atoms with E-state index in [0.717, 1.165) is 11.3 Å². The number of nitrogens with one attached hydrogen (secondary N) is 2. The van der Waals surface area contributed by atoms with Crippen molar-refractivity contribution in [1.82, 2.24) is 15.6 Å². The molecule has 0 saturated carbocycles. The number of thiazole rings is 1. The zero-order valence-corrected chi connectivity index (χ0v) is 15.6. The van der Waals surface area contributed by atoms with Gasteiger partial charge in [-0.05, 0) is 29.8 Å². The van der Waals surface area contributed by atoms with Gasteiger partial charge in [0.25, 0.3) is 5.91 Å². The molecule has 0 unspecified atom stereocenters. The first kappa shape index (κ1) is 19.6. The summed E-state index contributed by atoms with van der Waals surface area (Å²) >= 11 is 1.09. The highest BCUT2D eigenvalue weighted by Gasteiger charge is 2.13. The molecule has 1 aromatic heterocycles. The fourth-order valence-corrected chi connectivity index (χ4v) is 3.31. The summed E-state index contributed by atoms with van der Waals surface area (Å²) < 4.78 is 26.6. The Hall–Kier alpha value is -3.13. The van der Waals surface area contributed by atoms with Gasteiger partial charge in [-0.15, -0.1) is 11.3 Å². The summed E-state index contributed by atoms with van der Waals surface area (Å²) in [5, 5.41) is 5.79. The molecule has 0 atom stereocenters. The molecular weight excluding hydrogens is 384 g/mol. The smallest absolute Gasteiger partial charge is 0.263 e. The van der Waals surface area contributed by atoms with Crippen LogP contribution in [-0.2, 0) is 11.2 Å². The molecule has 2 N–H and O–H groups in total. The van der Waals surface area contributed by atoms with E-state index in [-0.39, 0.29) is 37.1 Å². The number of rotatable bonds is 7. The van der Waals surface area contributed by atoms with Crippen LogP contribution in [0.1, 0.15) is 15.2 Å². The maximum Gasteiger partial charge on any atom is 0.263 e. The Labute approximate surface area is 164 Å². The lowest BCUT2D eigenvalue weighted by Crippen LogP contribution is -2.35. The summed E-state index contributed by atoms with van der Waals surface area (Å²) in [5.41, 5.74) is 1.05. The molecule has 2 amide bonds. The van der Waals surface area contributed by atoms with Gasteiger partial charge in [0.2, 0.25) is 5.91 Å². The van der Waals surface area contributed by atoms with E-state index in [9.17, 15) is 18.4 Å². The van der Waals surface area contributed by atoms with Crippen molar-refractivity contribution in [2.24, 2.45) is 0 Å². The minimum atomic E-state index is -0.396. The summed E-state index contributed by atoms with van der Waals surface area (Å²) in [7, 11) is 0. The highest BCUT2D eigenvalue weighted by Crippen LogP contribution is 2.27.